The molecule has 5 nitrogen and oxygen atoms in total. The highest BCUT2D eigenvalue weighted by atomic mass is 16.6. The van der Waals surface area contributed by atoms with Crippen LogP contribution in [0.5, 0.6) is 0 Å². The number of hydrogen-bond donors (Lipinski definition) is 3. The van der Waals surface area contributed by atoms with E-state index >= 15 is 0 Å². The highest BCUT2D eigenvalue weighted by Gasteiger charge is 2.22. The summed E-state index contributed by atoms with van der Waals surface area (Å²) in [6, 6.07) is 8.62. The molecule has 0 saturated carbocycles. The molecular formula is C16H23NO4. The van der Waals surface area contributed by atoms with Crippen molar-refractivity contribution in [2.24, 2.45) is 0 Å². The molecule has 116 valence electrons. The first kappa shape index (κ1) is 17.2. The van der Waals surface area contributed by atoms with Crippen molar-refractivity contribution in [2.45, 2.75) is 38.5 Å². The molecule has 0 radical (unpaired) electrons. The molecule has 0 aliphatic heterocycles. The van der Waals surface area contributed by atoms with Crippen molar-refractivity contribution in [3.8, 4) is 0 Å². The maximum absolute atomic E-state index is 11.6. The Bertz CT molecular complexity index is 465. The van der Waals surface area contributed by atoms with Crippen LogP contribution in [0.3, 0.4) is 0 Å². The highest BCUT2D eigenvalue weighted by Crippen LogP contribution is 2.08. The fourth-order valence-electron chi connectivity index (χ4n) is 1.61. The van der Waals surface area contributed by atoms with Gasteiger partial charge in [-0.05, 0) is 26.3 Å². The predicted octanol–water partition coefficient (Wildman–Crippen LogP) is 1.95. The van der Waals surface area contributed by atoms with Crippen molar-refractivity contribution in [1.82, 2.24) is 5.32 Å². The molecule has 0 aliphatic carbocycles. The van der Waals surface area contributed by atoms with E-state index in [1.54, 1.807) is 26.8 Å². The molecule has 1 amide bonds. The largest absolute Gasteiger partial charge is 0.444 e. The van der Waals surface area contributed by atoms with E-state index in [-0.39, 0.29) is 6.61 Å². The van der Waals surface area contributed by atoms with Gasteiger partial charge in [-0.1, -0.05) is 42.5 Å². The minimum atomic E-state index is -1.01. The van der Waals surface area contributed by atoms with Crippen LogP contribution in [0.15, 0.2) is 36.4 Å². The van der Waals surface area contributed by atoms with Crippen molar-refractivity contribution in [2.75, 3.05) is 6.61 Å². The van der Waals surface area contributed by atoms with E-state index in [4.69, 9.17) is 4.74 Å². The first-order valence-electron chi connectivity index (χ1n) is 6.83. The van der Waals surface area contributed by atoms with Gasteiger partial charge in [-0.2, -0.15) is 0 Å². The molecule has 0 heterocycles. The standard InChI is InChI=1S/C16H23NO4/c1-16(2,3)21-15(20)17-13(11-18)14(19)10-9-12-7-5-4-6-8-12/h4-10,13-14,18-19H,11H2,1-3H3,(H,17,20)/t13-,14+/m1/s1. The lowest BCUT2D eigenvalue weighted by atomic mass is 10.1. The Morgan fingerprint density at radius 2 is 1.95 bits per heavy atom. The number of alkyl carbamates (subject to hydrolysis) is 1. The van der Waals surface area contributed by atoms with Crippen LogP contribution in [0, 0.1) is 0 Å². The zero-order chi connectivity index (χ0) is 15.9. The Kier molecular flexibility index (Phi) is 6.39. The monoisotopic (exact) mass is 293 g/mol. The number of carbonyl (C=O) groups excluding carboxylic acids is 1. The number of aliphatic hydroxyl groups excluding tert-OH is 2. The Hall–Kier alpha value is -1.85. The average Bonchev–Trinajstić information content (AvgIpc) is 2.41. The zero-order valence-corrected chi connectivity index (χ0v) is 12.6. The Morgan fingerprint density at radius 1 is 1.33 bits per heavy atom. The molecule has 0 bridgehead atoms. The third-order valence-corrected chi connectivity index (χ3v) is 2.60. The summed E-state index contributed by atoms with van der Waals surface area (Å²) in [5, 5.41) is 21.7. The second-order valence-corrected chi connectivity index (χ2v) is 5.70. The normalized spacial score (nSPS) is 14.7. The minimum Gasteiger partial charge on any atom is -0.444 e. The van der Waals surface area contributed by atoms with Gasteiger partial charge >= 0.3 is 6.09 Å². The molecular weight excluding hydrogens is 270 g/mol. The molecule has 1 aromatic carbocycles. The van der Waals surface area contributed by atoms with Gasteiger partial charge in [0.05, 0.1) is 18.8 Å². The molecule has 0 fully saturated rings. The summed E-state index contributed by atoms with van der Waals surface area (Å²) in [6.07, 6.45) is 1.56. The molecule has 21 heavy (non-hydrogen) atoms. The van der Waals surface area contributed by atoms with E-state index in [0.29, 0.717) is 0 Å². The number of amides is 1. The van der Waals surface area contributed by atoms with E-state index in [0.717, 1.165) is 5.56 Å². The van der Waals surface area contributed by atoms with Crippen LogP contribution in [0.2, 0.25) is 0 Å². The fourth-order valence-corrected chi connectivity index (χ4v) is 1.61. The molecule has 3 N–H and O–H groups in total. The lowest BCUT2D eigenvalue weighted by molar-refractivity contribution is 0.0406. The Labute approximate surface area is 125 Å². The van der Waals surface area contributed by atoms with Crippen LogP contribution in [-0.4, -0.2) is 40.7 Å². The van der Waals surface area contributed by atoms with E-state index in [1.807, 2.05) is 30.3 Å². The van der Waals surface area contributed by atoms with Gasteiger partial charge in [-0.25, -0.2) is 4.79 Å². The minimum absolute atomic E-state index is 0.389. The lowest BCUT2D eigenvalue weighted by Gasteiger charge is -2.24. The van der Waals surface area contributed by atoms with Gasteiger partial charge in [-0.3, -0.25) is 0 Å². The smallest absolute Gasteiger partial charge is 0.408 e. The summed E-state index contributed by atoms with van der Waals surface area (Å²) >= 11 is 0. The summed E-state index contributed by atoms with van der Waals surface area (Å²) in [5.74, 6) is 0. The highest BCUT2D eigenvalue weighted by molar-refractivity contribution is 5.68. The van der Waals surface area contributed by atoms with Crippen LogP contribution >= 0.6 is 0 Å². The number of hydrogen-bond acceptors (Lipinski definition) is 4. The van der Waals surface area contributed by atoms with Gasteiger partial charge in [0.2, 0.25) is 0 Å². The summed E-state index contributed by atoms with van der Waals surface area (Å²) in [4.78, 5) is 11.6. The summed E-state index contributed by atoms with van der Waals surface area (Å²) in [6.45, 7) is 4.84. The lowest BCUT2D eigenvalue weighted by Crippen LogP contribution is -2.46. The van der Waals surface area contributed by atoms with E-state index in [1.165, 1.54) is 6.08 Å². The van der Waals surface area contributed by atoms with Crippen molar-refractivity contribution in [3.05, 3.63) is 42.0 Å². The van der Waals surface area contributed by atoms with Gasteiger partial charge in [-0.15, -0.1) is 0 Å². The second kappa shape index (κ2) is 7.81. The molecule has 2 atom stereocenters. The molecule has 0 aromatic heterocycles. The number of nitrogens with one attached hydrogen (secondary N) is 1. The van der Waals surface area contributed by atoms with E-state index in [9.17, 15) is 15.0 Å². The number of carbonyl (C=O) groups is 1. The molecule has 1 aromatic rings. The first-order chi connectivity index (χ1) is 9.81. The number of benzene rings is 1. The maximum Gasteiger partial charge on any atom is 0.408 e. The van der Waals surface area contributed by atoms with Gasteiger partial charge in [0, 0.05) is 0 Å². The van der Waals surface area contributed by atoms with Crippen LogP contribution in [0.1, 0.15) is 26.3 Å². The second-order valence-electron chi connectivity index (χ2n) is 5.70. The molecule has 0 unspecified atom stereocenters. The predicted molar refractivity (Wildman–Crippen MR) is 81.7 cm³/mol. The molecule has 0 aliphatic rings. The molecule has 5 heteroatoms. The van der Waals surface area contributed by atoms with Crippen molar-refractivity contribution in [1.29, 1.82) is 0 Å². The maximum atomic E-state index is 11.6. The third-order valence-electron chi connectivity index (χ3n) is 2.60. The van der Waals surface area contributed by atoms with Gasteiger partial charge in [0.25, 0.3) is 0 Å². The van der Waals surface area contributed by atoms with E-state index in [2.05, 4.69) is 5.32 Å². The molecule has 0 spiro atoms. The summed E-state index contributed by atoms with van der Waals surface area (Å²) in [7, 11) is 0. The molecule has 0 saturated heterocycles. The molecule has 1 rings (SSSR count). The number of aliphatic hydroxyl groups is 2. The van der Waals surface area contributed by atoms with Crippen molar-refractivity contribution < 1.29 is 19.7 Å². The third kappa shape index (κ3) is 6.92. The van der Waals surface area contributed by atoms with E-state index < -0.39 is 23.8 Å². The van der Waals surface area contributed by atoms with Crippen LogP contribution in [0.25, 0.3) is 6.08 Å². The fraction of sp³-hybridized carbons (Fsp3) is 0.438. The van der Waals surface area contributed by atoms with Crippen LogP contribution < -0.4 is 5.32 Å². The Morgan fingerprint density at radius 3 is 2.48 bits per heavy atom. The van der Waals surface area contributed by atoms with Gasteiger partial charge in [0.15, 0.2) is 0 Å². The number of rotatable bonds is 5. The van der Waals surface area contributed by atoms with Crippen molar-refractivity contribution in [3.63, 3.8) is 0 Å². The quantitative estimate of drug-likeness (QED) is 0.775. The van der Waals surface area contributed by atoms with Crippen LogP contribution in [-0.2, 0) is 4.74 Å². The van der Waals surface area contributed by atoms with Gasteiger partial charge < -0.3 is 20.3 Å². The zero-order valence-electron chi connectivity index (χ0n) is 12.6. The van der Waals surface area contributed by atoms with Gasteiger partial charge in [0.1, 0.15) is 5.60 Å². The topological polar surface area (TPSA) is 78.8 Å². The SMILES string of the molecule is CC(C)(C)OC(=O)N[C@H](CO)[C@@H](O)C=Cc1ccccc1. The average molecular weight is 293 g/mol. The first-order valence-corrected chi connectivity index (χ1v) is 6.83. The summed E-state index contributed by atoms with van der Waals surface area (Å²) in [5.41, 5.74) is 0.292. The summed E-state index contributed by atoms with van der Waals surface area (Å²) < 4.78 is 5.09. The van der Waals surface area contributed by atoms with Crippen LogP contribution in [0.4, 0.5) is 4.79 Å². The number of ether oxygens (including phenoxy) is 1. The van der Waals surface area contributed by atoms with Crippen molar-refractivity contribution >= 4 is 12.2 Å². The Balaban J connectivity index is 2.59.